The zero-order valence-electron chi connectivity index (χ0n) is 26.8. The van der Waals surface area contributed by atoms with Crippen LogP contribution in [0.1, 0.15) is 144 Å². The smallest absolute Gasteiger partial charge is 0.130 e. The van der Waals surface area contributed by atoms with Crippen LogP contribution in [0, 0.1) is 19.7 Å². The highest BCUT2D eigenvalue weighted by molar-refractivity contribution is 5.39. The molecule has 0 nitrogen and oxygen atoms in total. The van der Waals surface area contributed by atoms with E-state index < -0.39 is 0 Å². The number of halogens is 1. The Morgan fingerprint density at radius 2 is 0.686 bits per heavy atom. The minimum Gasteiger partial charge on any atom is -0.206 e. The molecule has 0 aromatic heterocycles. The lowest BCUT2D eigenvalue weighted by Crippen LogP contribution is -2.20. The maximum atomic E-state index is 14.4. The quantitative estimate of drug-likeness (QED) is 0.347. The van der Waals surface area contributed by atoms with Crippen molar-refractivity contribution in [3.63, 3.8) is 0 Å². The Labute approximate surface area is 220 Å². The van der Waals surface area contributed by atoms with E-state index in [1.807, 2.05) is 46.8 Å². The second kappa shape index (κ2) is 13.6. The SMILES string of the molecule is CC.CC.Cc1cc(C(C)(C)C)c(F)c(C(C)(C)C)c1.Cc1cc(C(C)(C)C)cc(C(C)(C)C)c1. The fourth-order valence-corrected chi connectivity index (χ4v) is 3.51. The fourth-order valence-electron chi connectivity index (χ4n) is 3.51. The van der Waals surface area contributed by atoms with Gasteiger partial charge in [-0.05, 0) is 57.8 Å². The van der Waals surface area contributed by atoms with E-state index >= 15 is 0 Å². The van der Waals surface area contributed by atoms with E-state index in [2.05, 4.69) is 108 Å². The Morgan fingerprint density at radius 1 is 0.429 bits per heavy atom. The third-order valence-corrected chi connectivity index (χ3v) is 5.64. The maximum Gasteiger partial charge on any atom is 0.130 e. The van der Waals surface area contributed by atoms with Crippen molar-refractivity contribution in [3.05, 3.63) is 69.5 Å². The summed E-state index contributed by atoms with van der Waals surface area (Å²) >= 11 is 0. The van der Waals surface area contributed by atoms with Gasteiger partial charge in [-0.25, -0.2) is 4.39 Å². The molecule has 35 heavy (non-hydrogen) atoms. The molecule has 0 saturated carbocycles. The van der Waals surface area contributed by atoms with Gasteiger partial charge in [-0.1, -0.05) is 152 Å². The third-order valence-electron chi connectivity index (χ3n) is 5.64. The van der Waals surface area contributed by atoms with Crippen molar-refractivity contribution < 1.29 is 4.39 Å². The van der Waals surface area contributed by atoms with Gasteiger partial charge in [-0.3, -0.25) is 0 Å². The maximum absolute atomic E-state index is 14.4. The Morgan fingerprint density at radius 3 is 0.914 bits per heavy atom. The summed E-state index contributed by atoms with van der Waals surface area (Å²) in [6, 6.07) is 10.9. The van der Waals surface area contributed by atoms with Crippen LogP contribution in [-0.4, -0.2) is 0 Å². The molecule has 0 saturated heterocycles. The van der Waals surface area contributed by atoms with Gasteiger partial charge < -0.3 is 0 Å². The Kier molecular flexibility index (Phi) is 13.8. The second-order valence-electron chi connectivity index (χ2n) is 13.3. The van der Waals surface area contributed by atoms with Crippen LogP contribution in [0.3, 0.4) is 0 Å². The molecule has 1 heteroatoms. The van der Waals surface area contributed by atoms with Crippen LogP contribution < -0.4 is 0 Å². The largest absolute Gasteiger partial charge is 0.206 e. The van der Waals surface area contributed by atoms with E-state index in [9.17, 15) is 4.39 Å². The standard InChI is InChI=1S/C15H23F.C15H24.2C2H6/c1-10-8-11(14(2,3)4)13(16)12(9-10)15(5,6)7;1-11-8-12(14(2,3)4)10-13(9-11)15(5,6)7;2*1-2/h8-9H,1-7H3;8-10H,1-7H3;2*1-2H3. The third kappa shape index (κ3) is 11.8. The molecule has 0 aliphatic carbocycles. The number of aryl methyl sites for hydroxylation is 2. The molecular weight excluding hydrogens is 427 g/mol. The molecule has 0 fully saturated rings. The van der Waals surface area contributed by atoms with Gasteiger partial charge in [-0.15, -0.1) is 0 Å². The zero-order valence-corrected chi connectivity index (χ0v) is 26.8. The number of hydrogen-bond acceptors (Lipinski definition) is 0. The molecule has 0 amide bonds. The molecule has 0 aliphatic rings. The minimum atomic E-state index is -0.143. The van der Waals surface area contributed by atoms with E-state index in [0.717, 1.165) is 16.7 Å². The molecule has 0 bridgehead atoms. The van der Waals surface area contributed by atoms with E-state index in [4.69, 9.17) is 0 Å². The van der Waals surface area contributed by atoms with Crippen LogP contribution in [0.4, 0.5) is 4.39 Å². The molecule has 0 N–H and O–H groups in total. The van der Waals surface area contributed by atoms with Gasteiger partial charge >= 0.3 is 0 Å². The summed E-state index contributed by atoms with van der Waals surface area (Å²) in [5.74, 6) is -0.0365. The van der Waals surface area contributed by atoms with Gasteiger partial charge in [0.2, 0.25) is 0 Å². The van der Waals surface area contributed by atoms with Crippen molar-refractivity contribution >= 4 is 0 Å². The van der Waals surface area contributed by atoms with Crippen LogP contribution in [0.2, 0.25) is 0 Å². The van der Waals surface area contributed by atoms with Gasteiger partial charge in [-0.2, -0.15) is 0 Å². The number of hydrogen-bond donors (Lipinski definition) is 0. The van der Waals surface area contributed by atoms with E-state index in [1.54, 1.807) is 0 Å². The summed E-state index contributed by atoms with van der Waals surface area (Å²) < 4.78 is 14.4. The summed E-state index contributed by atoms with van der Waals surface area (Å²) in [7, 11) is 0. The van der Waals surface area contributed by atoms with E-state index in [1.165, 1.54) is 16.7 Å². The molecular formula is C34H59F. The molecule has 2 aromatic rings. The van der Waals surface area contributed by atoms with E-state index in [-0.39, 0.29) is 27.5 Å². The fraction of sp³-hybridized carbons (Fsp3) is 0.647. The highest BCUT2D eigenvalue weighted by Crippen LogP contribution is 2.34. The first-order valence-electron chi connectivity index (χ1n) is 13.6. The van der Waals surface area contributed by atoms with Gasteiger partial charge in [0, 0.05) is 0 Å². The predicted octanol–water partition coefficient (Wildman–Crippen LogP) is 11.4. The zero-order chi connectivity index (χ0) is 28.6. The summed E-state index contributed by atoms with van der Waals surface area (Å²) in [5.41, 5.74) is 7.21. The van der Waals surface area contributed by atoms with Crippen molar-refractivity contribution in [3.8, 4) is 0 Å². The molecule has 0 aliphatic heterocycles. The average molecular weight is 487 g/mol. The lowest BCUT2D eigenvalue weighted by atomic mass is 9.79. The summed E-state index contributed by atoms with van der Waals surface area (Å²) in [4.78, 5) is 0. The van der Waals surface area contributed by atoms with Crippen LogP contribution >= 0.6 is 0 Å². The van der Waals surface area contributed by atoms with Gasteiger partial charge in [0.25, 0.3) is 0 Å². The first kappa shape index (κ1) is 35.5. The Bertz CT molecular complexity index is 821. The van der Waals surface area contributed by atoms with Crippen molar-refractivity contribution in [2.75, 3.05) is 0 Å². The van der Waals surface area contributed by atoms with Crippen LogP contribution in [-0.2, 0) is 21.7 Å². The monoisotopic (exact) mass is 486 g/mol. The first-order chi connectivity index (χ1) is 15.6. The normalized spacial score (nSPS) is 11.9. The average Bonchev–Trinajstić information content (AvgIpc) is 2.69. The Hall–Kier alpha value is -1.63. The highest BCUT2D eigenvalue weighted by atomic mass is 19.1. The van der Waals surface area contributed by atoms with Crippen molar-refractivity contribution in [1.82, 2.24) is 0 Å². The van der Waals surface area contributed by atoms with Crippen molar-refractivity contribution in [2.24, 2.45) is 0 Å². The van der Waals surface area contributed by atoms with Crippen LogP contribution in [0.25, 0.3) is 0 Å². The topological polar surface area (TPSA) is 0 Å². The minimum absolute atomic E-state index is 0.0365. The molecule has 202 valence electrons. The Balaban J connectivity index is 0. The van der Waals surface area contributed by atoms with Crippen molar-refractivity contribution in [2.45, 2.75) is 146 Å². The predicted molar refractivity (Wildman–Crippen MR) is 160 cm³/mol. The number of rotatable bonds is 0. The van der Waals surface area contributed by atoms with Gasteiger partial charge in [0.1, 0.15) is 5.82 Å². The molecule has 0 radical (unpaired) electrons. The van der Waals surface area contributed by atoms with E-state index in [0.29, 0.717) is 0 Å². The molecule has 0 spiro atoms. The van der Waals surface area contributed by atoms with Crippen LogP contribution in [0.5, 0.6) is 0 Å². The lowest BCUT2D eigenvalue weighted by Gasteiger charge is -2.27. The van der Waals surface area contributed by atoms with Crippen LogP contribution in [0.15, 0.2) is 30.3 Å². The summed E-state index contributed by atoms with van der Waals surface area (Å²) in [6.45, 7) is 38.2. The first-order valence-corrected chi connectivity index (χ1v) is 13.6. The second-order valence-corrected chi connectivity index (χ2v) is 13.3. The molecule has 0 heterocycles. The van der Waals surface area contributed by atoms with Gasteiger partial charge in [0.05, 0.1) is 0 Å². The van der Waals surface area contributed by atoms with Crippen molar-refractivity contribution in [1.29, 1.82) is 0 Å². The number of benzene rings is 2. The highest BCUT2D eigenvalue weighted by Gasteiger charge is 2.26. The molecule has 0 unspecified atom stereocenters. The summed E-state index contributed by atoms with van der Waals surface area (Å²) in [6.07, 6.45) is 0. The molecule has 2 aromatic carbocycles. The van der Waals surface area contributed by atoms with Gasteiger partial charge in [0.15, 0.2) is 0 Å². The molecule has 0 atom stereocenters. The molecule has 2 rings (SSSR count). The lowest BCUT2D eigenvalue weighted by molar-refractivity contribution is 0.480. The summed E-state index contributed by atoms with van der Waals surface area (Å²) in [5, 5.41) is 0.